The van der Waals surface area contributed by atoms with E-state index >= 15 is 0 Å². The smallest absolute Gasteiger partial charge is 0.251 e. The van der Waals surface area contributed by atoms with E-state index in [0.717, 1.165) is 24.0 Å². The lowest BCUT2D eigenvalue weighted by atomic mass is 9.98. The fourth-order valence-corrected chi connectivity index (χ4v) is 4.24. The molecule has 2 aromatic heterocycles. The Morgan fingerprint density at radius 3 is 2.71 bits per heavy atom. The fraction of sp³-hybridized carbons (Fsp3) is 0.423. The highest BCUT2D eigenvalue weighted by atomic mass is 16.5. The highest BCUT2D eigenvalue weighted by Crippen LogP contribution is 2.49. The molecule has 0 aliphatic heterocycles. The molecule has 5 nitrogen and oxygen atoms in total. The Labute approximate surface area is 184 Å². The second kappa shape index (κ2) is 8.66. The van der Waals surface area contributed by atoms with E-state index in [-0.39, 0.29) is 11.6 Å². The van der Waals surface area contributed by atoms with Gasteiger partial charge in [-0.15, -0.1) is 0 Å². The van der Waals surface area contributed by atoms with Gasteiger partial charge in [0.2, 0.25) is 5.88 Å². The third-order valence-electron chi connectivity index (χ3n) is 6.13. The summed E-state index contributed by atoms with van der Waals surface area (Å²) in [7, 11) is 0. The van der Waals surface area contributed by atoms with Gasteiger partial charge in [0.15, 0.2) is 0 Å². The molecule has 0 bridgehead atoms. The van der Waals surface area contributed by atoms with Crippen LogP contribution in [0, 0.1) is 19.8 Å². The van der Waals surface area contributed by atoms with Crippen molar-refractivity contribution in [3.8, 4) is 17.0 Å². The second-order valence-electron chi connectivity index (χ2n) is 8.86. The van der Waals surface area contributed by atoms with Crippen LogP contribution in [0.2, 0.25) is 0 Å². The molecule has 1 aromatic carbocycles. The van der Waals surface area contributed by atoms with E-state index in [1.54, 1.807) is 16.8 Å². The van der Waals surface area contributed by atoms with Crippen LogP contribution in [0.1, 0.15) is 61.7 Å². The van der Waals surface area contributed by atoms with Crippen LogP contribution < -0.4 is 10.3 Å². The molecule has 1 saturated carbocycles. The SMILES string of the molecule is CCc1cc(C)ccc1C1CC1COc1nc(C)ncc1-c1ccn(C(C)C)c(=O)c1. The molecule has 3 aromatic rings. The van der Waals surface area contributed by atoms with E-state index in [4.69, 9.17) is 4.74 Å². The third-order valence-corrected chi connectivity index (χ3v) is 6.13. The van der Waals surface area contributed by atoms with Crippen LogP contribution in [0.3, 0.4) is 0 Å². The molecule has 2 unspecified atom stereocenters. The number of ether oxygens (including phenoxy) is 1. The highest BCUT2D eigenvalue weighted by Gasteiger charge is 2.40. The molecule has 5 heteroatoms. The molecule has 1 fully saturated rings. The minimum absolute atomic E-state index is 0.0345. The Kier molecular flexibility index (Phi) is 5.94. The van der Waals surface area contributed by atoms with Gasteiger partial charge >= 0.3 is 0 Å². The number of nitrogens with zero attached hydrogens (tertiary/aromatic N) is 3. The van der Waals surface area contributed by atoms with Crippen molar-refractivity contribution in [2.24, 2.45) is 5.92 Å². The van der Waals surface area contributed by atoms with Gasteiger partial charge < -0.3 is 9.30 Å². The molecule has 31 heavy (non-hydrogen) atoms. The maximum absolute atomic E-state index is 12.5. The lowest BCUT2D eigenvalue weighted by Gasteiger charge is -2.13. The van der Waals surface area contributed by atoms with Gasteiger partial charge in [-0.2, -0.15) is 4.98 Å². The van der Waals surface area contributed by atoms with Crippen LogP contribution in [0.5, 0.6) is 5.88 Å². The predicted molar refractivity (Wildman–Crippen MR) is 124 cm³/mol. The average molecular weight is 418 g/mol. The number of aromatic nitrogens is 3. The van der Waals surface area contributed by atoms with Gasteiger partial charge in [0.25, 0.3) is 5.56 Å². The Morgan fingerprint density at radius 2 is 2.00 bits per heavy atom. The van der Waals surface area contributed by atoms with Gasteiger partial charge in [-0.1, -0.05) is 30.7 Å². The zero-order chi connectivity index (χ0) is 22.1. The van der Waals surface area contributed by atoms with E-state index < -0.39 is 0 Å². The molecule has 0 radical (unpaired) electrons. The molecule has 2 heterocycles. The van der Waals surface area contributed by atoms with Crippen molar-refractivity contribution in [1.82, 2.24) is 14.5 Å². The van der Waals surface area contributed by atoms with Crippen molar-refractivity contribution in [3.05, 3.63) is 75.6 Å². The van der Waals surface area contributed by atoms with Crippen LogP contribution in [-0.2, 0) is 6.42 Å². The molecule has 0 saturated heterocycles. The number of hydrogen-bond acceptors (Lipinski definition) is 4. The van der Waals surface area contributed by atoms with Gasteiger partial charge in [0.1, 0.15) is 5.82 Å². The molecule has 162 valence electrons. The molecule has 4 rings (SSSR count). The lowest BCUT2D eigenvalue weighted by Crippen LogP contribution is -2.20. The van der Waals surface area contributed by atoms with Gasteiger partial charge in [-0.3, -0.25) is 4.79 Å². The average Bonchev–Trinajstić information content (AvgIpc) is 3.51. The van der Waals surface area contributed by atoms with Gasteiger partial charge in [0.05, 0.1) is 12.2 Å². The summed E-state index contributed by atoms with van der Waals surface area (Å²) in [5.41, 5.74) is 5.73. The van der Waals surface area contributed by atoms with Crippen molar-refractivity contribution in [2.75, 3.05) is 6.61 Å². The number of rotatable bonds is 7. The van der Waals surface area contributed by atoms with Crippen LogP contribution in [0.4, 0.5) is 0 Å². The Hall–Kier alpha value is -2.95. The van der Waals surface area contributed by atoms with Crippen LogP contribution >= 0.6 is 0 Å². The van der Waals surface area contributed by atoms with E-state index in [1.807, 2.05) is 33.0 Å². The number of benzene rings is 1. The topological polar surface area (TPSA) is 57.0 Å². The third kappa shape index (κ3) is 4.55. The van der Waals surface area contributed by atoms with Crippen molar-refractivity contribution in [2.45, 2.75) is 59.4 Å². The highest BCUT2D eigenvalue weighted by molar-refractivity contribution is 5.67. The fourth-order valence-electron chi connectivity index (χ4n) is 4.24. The predicted octanol–water partition coefficient (Wildman–Crippen LogP) is 5.25. The first-order valence-electron chi connectivity index (χ1n) is 11.2. The van der Waals surface area contributed by atoms with Crippen molar-refractivity contribution >= 4 is 0 Å². The summed E-state index contributed by atoms with van der Waals surface area (Å²) in [6.07, 6.45) is 5.77. The normalized spacial score (nSPS) is 17.7. The Bertz CT molecular complexity index is 1150. The molecule has 0 spiro atoms. The molecule has 1 aliphatic rings. The minimum atomic E-state index is -0.0345. The summed E-state index contributed by atoms with van der Waals surface area (Å²) in [6, 6.07) is 10.5. The number of hydrogen-bond donors (Lipinski definition) is 0. The van der Waals surface area contributed by atoms with Crippen molar-refractivity contribution in [3.63, 3.8) is 0 Å². The molecular formula is C26H31N3O2. The van der Waals surface area contributed by atoms with E-state index in [0.29, 0.717) is 30.1 Å². The summed E-state index contributed by atoms with van der Waals surface area (Å²) >= 11 is 0. The van der Waals surface area contributed by atoms with Crippen LogP contribution in [0.15, 0.2) is 47.5 Å². The maximum Gasteiger partial charge on any atom is 0.251 e. The molecule has 0 amide bonds. The summed E-state index contributed by atoms with van der Waals surface area (Å²) < 4.78 is 7.91. The minimum Gasteiger partial charge on any atom is -0.477 e. The largest absolute Gasteiger partial charge is 0.477 e. The monoisotopic (exact) mass is 417 g/mol. The summed E-state index contributed by atoms with van der Waals surface area (Å²) in [5, 5.41) is 0. The molecule has 0 N–H and O–H groups in total. The zero-order valence-electron chi connectivity index (χ0n) is 19.1. The number of aryl methyl sites for hydroxylation is 3. The lowest BCUT2D eigenvalue weighted by molar-refractivity contribution is 0.286. The Balaban J connectivity index is 1.52. The molecule has 1 aliphatic carbocycles. The zero-order valence-corrected chi connectivity index (χ0v) is 19.1. The molecular weight excluding hydrogens is 386 g/mol. The summed E-state index contributed by atoms with van der Waals surface area (Å²) in [4.78, 5) is 21.4. The van der Waals surface area contributed by atoms with Gasteiger partial charge in [-0.25, -0.2) is 4.98 Å². The first kappa shape index (κ1) is 21.3. The van der Waals surface area contributed by atoms with E-state index in [1.165, 1.54) is 16.7 Å². The first-order chi connectivity index (χ1) is 14.9. The van der Waals surface area contributed by atoms with Crippen LogP contribution in [-0.4, -0.2) is 21.1 Å². The van der Waals surface area contributed by atoms with Crippen molar-refractivity contribution in [1.29, 1.82) is 0 Å². The standard InChI is InChI=1S/C26H31N3O2/c1-6-19-11-17(4)7-8-22(19)23-12-21(23)15-31-26-24(14-27-18(5)28-26)20-9-10-29(16(2)3)25(30)13-20/h7-11,13-14,16,21,23H,6,12,15H2,1-5H3. The van der Waals surface area contributed by atoms with Gasteiger partial charge in [-0.05, 0) is 69.2 Å². The Morgan fingerprint density at radius 1 is 1.19 bits per heavy atom. The first-order valence-corrected chi connectivity index (χ1v) is 11.2. The van der Waals surface area contributed by atoms with E-state index in [9.17, 15) is 4.79 Å². The summed E-state index contributed by atoms with van der Waals surface area (Å²) in [6.45, 7) is 10.8. The molecule has 2 atom stereocenters. The van der Waals surface area contributed by atoms with Crippen LogP contribution in [0.25, 0.3) is 11.1 Å². The second-order valence-corrected chi connectivity index (χ2v) is 8.86. The van der Waals surface area contributed by atoms with Gasteiger partial charge in [0, 0.05) is 30.4 Å². The summed E-state index contributed by atoms with van der Waals surface area (Å²) in [5.74, 6) is 2.26. The van der Waals surface area contributed by atoms with Crippen molar-refractivity contribution < 1.29 is 4.74 Å². The number of pyridine rings is 1. The maximum atomic E-state index is 12.5. The van der Waals surface area contributed by atoms with E-state index in [2.05, 4.69) is 42.0 Å². The quantitative estimate of drug-likeness (QED) is 0.527.